The van der Waals surface area contributed by atoms with Crippen molar-refractivity contribution in [3.63, 3.8) is 0 Å². The summed E-state index contributed by atoms with van der Waals surface area (Å²) in [5.41, 5.74) is 0.575. The Bertz CT molecular complexity index is 615. The van der Waals surface area contributed by atoms with Crippen LogP contribution in [-0.2, 0) is 14.8 Å². The maximum Gasteiger partial charge on any atom is 0.244 e. The second-order valence-corrected chi connectivity index (χ2v) is 6.79. The highest BCUT2D eigenvalue weighted by molar-refractivity contribution is 7.89. The van der Waals surface area contributed by atoms with E-state index in [1.54, 1.807) is 19.9 Å². The summed E-state index contributed by atoms with van der Waals surface area (Å²) in [6, 6.07) is 3.92. The molecule has 1 N–H and O–H groups in total. The predicted octanol–water partition coefficient (Wildman–Crippen LogP) is 1.16. The van der Waals surface area contributed by atoms with Gasteiger partial charge >= 0.3 is 0 Å². The maximum atomic E-state index is 12.6. The molecule has 1 aliphatic rings. The highest BCUT2D eigenvalue weighted by Gasteiger charge is 2.36. The van der Waals surface area contributed by atoms with Crippen LogP contribution in [0.25, 0.3) is 0 Å². The van der Waals surface area contributed by atoms with Crippen molar-refractivity contribution < 1.29 is 13.2 Å². The third-order valence-corrected chi connectivity index (χ3v) is 5.53. The van der Waals surface area contributed by atoms with Crippen LogP contribution in [0.2, 0.25) is 5.02 Å². The summed E-state index contributed by atoms with van der Waals surface area (Å²) in [5, 5.41) is 3.13. The molecular formula is C12H15ClN2O3S. The SMILES string of the molecule is Cc1cc(Cl)ccc1S(=O)(=O)N1CCNC(=O)C1C. The van der Waals surface area contributed by atoms with Crippen molar-refractivity contribution in [1.29, 1.82) is 0 Å². The van der Waals surface area contributed by atoms with Crippen LogP contribution in [0.15, 0.2) is 23.1 Å². The standard InChI is InChI=1S/C12H15ClN2O3S/c1-8-7-10(13)3-4-11(8)19(17,18)15-6-5-14-12(16)9(15)2/h3-4,7,9H,5-6H2,1-2H3,(H,14,16). The van der Waals surface area contributed by atoms with E-state index in [2.05, 4.69) is 5.32 Å². The largest absolute Gasteiger partial charge is 0.353 e. The van der Waals surface area contributed by atoms with E-state index in [4.69, 9.17) is 11.6 Å². The van der Waals surface area contributed by atoms with Gasteiger partial charge in [0.1, 0.15) is 6.04 Å². The normalized spacial score (nSPS) is 21.2. The molecule has 0 bridgehead atoms. The Morgan fingerprint density at radius 3 is 2.74 bits per heavy atom. The predicted molar refractivity (Wildman–Crippen MR) is 72.6 cm³/mol. The number of aryl methyl sites for hydroxylation is 1. The molecule has 1 aromatic carbocycles. The van der Waals surface area contributed by atoms with Gasteiger partial charge < -0.3 is 5.32 Å². The first kappa shape index (κ1) is 14.3. The average molecular weight is 303 g/mol. The van der Waals surface area contributed by atoms with Crippen molar-refractivity contribution in [2.75, 3.05) is 13.1 Å². The summed E-state index contributed by atoms with van der Waals surface area (Å²) >= 11 is 5.83. The quantitative estimate of drug-likeness (QED) is 0.891. The molecule has 1 aromatic rings. The number of carbonyl (C=O) groups excluding carboxylic acids is 1. The summed E-state index contributed by atoms with van der Waals surface area (Å²) < 4.78 is 26.4. The number of halogens is 1. The fraction of sp³-hybridized carbons (Fsp3) is 0.417. The van der Waals surface area contributed by atoms with Gasteiger partial charge in [0.15, 0.2) is 0 Å². The molecule has 1 amide bonds. The van der Waals surface area contributed by atoms with E-state index >= 15 is 0 Å². The van der Waals surface area contributed by atoms with Crippen LogP contribution in [0.3, 0.4) is 0 Å². The monoisotopic (exact) mass is 302 g/mol. The average Bonchev–Trinajstić information content (AvgIpc) is 2.31. The van der Waals surface area contributed by atoms with Gasteiger partial charge in [-0.3, -0.25) is 4.79 Å². The van der Waals surface area contributed by atoms with Gasteiger partial charge in [-0.1, -0.05) is 11.6 Å². The van der Waals surface area contributed by atoms with Gasteiger partial charge in [0, 0.05) is 18.1 Å². The molecule has 7 heteroatoms. The summed E-state index contributed by atoms with van der Waals surface area (Å²) in [7, 11) is -3.68. The zero-order chi connectivity index (χ0) is 14.2. The molecule has 1 fully saturated rings. The molecular weight excluding hydrogens is 288 g/mol. The highest BCUT2D eigenvalue weighted by Crippen LogP contribution is 2.25. The smallest absolute Gasteiger partial charge is 0.244 e. The van der Waals surface area contributed by atoms with Crippen LogP contribution in [0.1, 0.15) is 12.5 Å². The third-order valence-electron chi connectivity index (χ3n) is 3.17. The molecule has 1 heterocycles. The number of rotatable bonds is 2. The number of hydrogen-bond donors (Lipinski definition) is 1. The molecule has 104 valence electrons. The molecule has 0 aromatic heterocycles. The Kier molecular flexibility index (Phi) is 3.85. The molecule has 0 aliphatic carbocycles. The van der Waals surface area contributed by atoms with Gasteiger partial charge in [0.05, 0.1) is 4.90 Å². The number of sulfonamides is 1. The van der Waals surface area contributed by atoms with Gasteiger partial charge in [0.25, 0.3) is 0 Å². The third kappa shape index (κ3) is 2.61. The van der Waals surface area contributed by atoms with Gasteiger partial charge in [-0.15, -0.1) is 0 Å². The Morgan fingerprint density at radius 1 is 1.42 bits per heavy atom. The summed E-state index contributed by atoms with van der Waals surface area (Å²) in [5.74, 6) is -0.276. The zero-order valence-electron chi connectivity index (χ0n) is 10.7. The lowest BCUT2D eigenvalue weighted by molar-refractivity contribution is -0.126. The first-order valence-electron chi connectivity index (χ1n) is 5.90. The minimum atomic E-state index is -3.68. The van der Waals surface area contributed by atoms with E-state index < -0.39 is 16.1 Å². The van der Waals surface area contributed by atoms with Crippen LogP contribution < -0.4 is 5.32 Å². The van der Waals surface area contributed by atoms with Crippen molar-refractivity contribution in [2.24, 2.45) is 0 Å². The van der Waals surface area contributed by atoms with E-state index in [9.17, 15) is 13.2 Å². The number of hydrogen-bond acceptors (Lipinski definition) is 3. The van der Waals surface area contributed by atoms with Crippen molar-refractivity contribution in [1.82, 2.24) is 9.62 Å². The van der Waals surface area contributed by atoms with E-state index in [1.165, 1.54) is 16.4 Å². The van der Waals surface area contributed by atoms with E-state index in [0.717, 1.165) is 0 Å². The lowest BCUT2D eigenvalue weighted by Crippen LogP contribution is -2.55. The minimum Gasteiger partial charge on any atom is -0.353 e. The number of amides is 1. The Balaban J connectivity index is 2.44. The van der Waals surface area contributed by atoms with Gasteiger partial charge in [-0.05, 0) is 37.6 Å². The Labute approximate surface area is 117 Å². The molecule has 0 spiro atoms. The molecule has 0 radical (unpaired) electrons. The lowest BCUT2D eigenvalue weighted by Gasteiger charge is -2.32. The number of carbonyl (C=O) groups is 1. The number of benzene rings is 1. The van der Waals surface area contributed by atoms with Gasteiger partial charge in [-0.25, -0.2) is 8.42 Å². The van der Waals surface area contributed by atoms with Gasteiger partial charge in [-0.2, -0.15) is 4.31 Å². The van der Waals surface area contributed by atoms with Crippen molar-refractivity contribution >= 4 is 27.5 Å². The summed E-state index contributed by atoms with van der Waals surface area (Å²) in [6.07, 6.45) is 0. The van der Waals surface area contributed by atoms with Crippen LogP contribution in [0.5, 0.6) is 0 Å². The minimum absolute atomic E-state index is 0.193. The van der Waals surface area contributed by atoms with Crippen molar-refractivity contribution in [3.05, 3.63) is 28.8 Å². The van der Waals surface area contributed by atoms with E-state index in [-0.39, 0.29) is 17.3 Å². The van der Waals surface area contributed by atoms with E-state index in [1.807, 2.05) is 0 Å². The second kappa shape index (κ2) is 5.11. The van der Waals surface area contributed by atoms with Crippen LogP contribution in [0, 0.1) is 6.92 Å². The zero-order valence-corrected chi connectivity index (χ0v) is 12.3. The Morgan fingerprint density at radius 2 is 2.11 bits per heavy atom. The fourth-order valence-corrected chi connectivity index (χ4v) is 4.15. The first-order valence-corrected chi connectivity index (χ1v) is 7.71. The number of nitrogens with one attached hydrogen (secondary N) is 1. The van der Waals surface area contributed by atoms with Gasteiger partial charge in [0.2, 0.25) is 15.9 Å². The van der Waals surface area contributed by atoms with E-state index in [0.29, 0.717) is 17.1 Å². The maximum absolute atomic E-state index is 12.6. The first-order chi connectivity index (χ1) is 8.84. The molecule has 2 rings (SSSR count). The molecule has 19 heavy (non-hydrogen) atoms. The van der Waals surface area contributed by atoms with Crippen molar-refractivity contribution in [2.45, 2.75) is 24.8 Å². The summed E-state index contributed by atoms with van der Waals surface area (Å²) in [6.45, 7) is 3.87. The molecule has 1 unspecified atom stereocenters. The number of piperazine rings is 1. The van der Waals surface area contributed by atoms with Crippen LogP contribution in [-0.4, -0.2) is 37.8 Å². The molecule has 1 saturated heterocycles. The lowest BCUT2D eigenvalue weighted by atomic mass is 10.2. The van der Waals surface area contributed by atoms with Crippen molar-refractivity contribution in [3.8, 4) is 0 Å². The molecule has 5 nitrogen and oxygen atoms in total. The second-order valence-electron chi connectivity index (χ2n) is 4.49. The molecule has 1 aliphatic heterocycles. The topological polar surface area (TPSA) is 66.5 Å². The van der Waals surface area contributed by atoms with Crippen LogP contribution >= 0.6 is 11.6 Å². The van der Waals surface area contributed by atoms with Crippen LogP contribution in [0.4, 0.5) is 0 Å². The Hall–Kier alpha value is -1.11. The molecule has 0 saturated carbocycles. The number of nitrogens with zero attached hydrogens (tertiary/aromatic N) is 1. The highest BCUT2D eigenvalue weighted by atomic mass is 35.5. The summed E-state index contributed by atoms with van der Waals surface area (Å²) in [4.78, 5) is 11.8. The fourth-order valence-electron chi connectivity index (χ4n) is 2.12. The molecule has 1 atom stereocenters.